The van der Waals surface area contributed by atoms with Gasteiger partial charge < -0.3 is 4.98 Å². The van der Waals surface area contributed by atoms with E-state index in [0.717, 1.165) is 6.20 Å². The van der Waals surface area contributed by atoms with E-state index < -0.39 is 35.6 Å². The lowest BCUT2D eigenvalue weighted by Gasteiger charge is -2.26. The average Bonchev–Trinajstić information content (AvgIpc) is 2.61. The highest BCUT2D eigenvalue weighted by atomic mass is 19.4. The van der Waals surface area contributed by atoms with E-state index in [4.69, 9.17) is 0 Å². The van der Waals surface area contributed by atoms with Crippen LogP contribution in [0.1, 0.15) is 17.7 Å². The second-order valence-corrected chi connectivity index (χ2v) is 6.51. The van der Waals surface area contributed by atoms with Gasteiger partial charge in [0.2, 0.25) is 0 Å². The molecule has 0 radical (unpaired) electrons. The molecule has 0 bridgehead atoms. The molecule has 0 spiro atoms. The summed E-state index contributed by atoms with van der Waals surface area (Å²) < 4.78 is 54.3. The zero-order valence-corrected chi connectivity index (χ0v) is 13.8. The molecule has 1 atom stereocenters. The summed E-state index contributed by atoms with van der Waals surface area (Å²) in [6.45, 7) is 0. The SMILES string of the molecule is O=c1[nH]c2c(c(=O)n1-c1cncc3cccc(F)c13)C[C@H](C(F)(F)F)CC2. The predicted molar refractivity (Wildman–Crippen MR) is 89.5 cm³/mol. The summed E-state index contributed by atoms with van der Waals surface area (Å²) >= 11 is 0. The number of alkyl halides is 3. The molecule has 0 fully saturated rings. The standard InChI is InChI=1S/C18H13F4N3O2/c19-12-3-1-2-9-7-23-8-14(15(9)12)25-16(26)11-6-10(18(20,21)22)4-5-13(11)24-17(25)27/h1-3,7-8,10H,4-6H2,(H,24,27)/t10-/m1/s1. The summed E-state index contributed by atoms with van der Waals surface area (Å²) in [6.07, 6.45) is -2.67. The third kappa shape index (κ3) is 2.83. The Morgan fingerprint density at radius 3 is 2.70 bits per heavy atom. The fourth-order valence-corrected chi connectivity index (χ4v) is 3.55. The van der Waals surface area contributed by atoms with E-state index in [2.05, 4.69) is 9.97 Å². The summed E-state index contributed by atoms with van der Waals surface area (Å²) in [5.74, 6) is -2.32. The highest BCUT2D eigenvalue weighted by molar-refractivity contribution is 5.89. The van der Waals surface area contributed by atoms with Gasteiger partial charge >= 0.3 is 11.9 Å². The largest absolute Gasteiger partial charge is 0.392 e. The van der Waals surface area contributed by atoms with E-state index in [1.54, 1.807) is 6.07 Å². The van der Waals surface area contributed by atoms with Gasteiger partial charge in [0.15, 0.2) is 0 Å². The maximum atomic E-state index is 14.3. The lowest BCUT2D eigenvalue weighted by atomic mass is 9.86. The minimum absolute atomic E-state index is 0.00299. The van der Waals surface area contributed by atoms with Crippen molar-refractivity contribution in [1.29, 1.82) is 0 Å². The Bertz CT molecular complexity index is 1160. The fraction of sp³-hybridized carbons (Fsp3) is 0.278. The molecule has 2 aromatic heterocycles. The van der Waals surface area contributed by atoms with Crippen LogP contribution in [-0.4, -0.2) is 20.7 Å². The number of halogens is 4. The van der Waals surface area contributed by atoms with Crippen LogP contribution in [-0.2, 0) is 12.8 Å². The van der Waals surface area contributed by atoms with Gasteiger partial charge in [0.25, 0.3) is 5.56 Å². The average molecular weight is 379 g/mol. The minimum atomic E-state index is -4.43. The number of fused-ring (bicyclic) bond motifs is 2. The maximum Gasteiger partial charge on any atom is 0.392 e. The number of rotatable bonds is 1. The molecule has 1 aromatic carbocycles. The van der Waals surface area contributed by atoms with Crippen LogP contribution in [0.2, 0.25) is 0 Å². The van der Waals surface area contributed by atoms with E-state index in [-0.39, 0.29) is 35.2 Å². The van der Waals surface area contributed by atoms with Crippen LogP contribution in [0, 0.1) is 11.7 Å². The number of nitrogens with zero attached hydrogens (tertiary/aromatic N) is 2. The molecule has 1 N–H and O–H groups in total. The molecule has 0 saturated heterocycles. The molecular formula is C18H13F4N3O2. The molecule has 0 aliphatic heterocycles. The summed E-state index contributed by atoms with van der Waals surface area (Å²) in [5.41, 5.74) is -1.71. The number of benzene rings is 1. The van der Waals surface area contributed by atoms with Crippen LogP contribution in [0.25, 0.3) is 16.5 Å². The Labute approximate surface area is 149 Å². The van der Waals surface area contributed by atoms with Gasteiger partial charge in [-0.3, -0.25) is 9.78 Å². The summed E-state index contributed by atoms with van der Waals surface area (Å²) in [6, 6.07) is 4.19. The van der Waals surface area contributed by atoms with Gasteiger partial charge in [-0.2, -0.15) is 13.2 Å². The molecule has 1 aliphatic carbocycles. The highest BCUT2D eigenvalue weighted by Gasteiger charge is 2.42. The number of aromatic nitrogens is 3. The monoisotopic (exact) mass is 379 g/mol. The van der Waals surface area contributed by atoms with Crippen molar-refractivity contribution in [3.63, 3.8) is 0 Å². The molecule has 2 heterocycles. The van der Waals surface area contributed by atoms with Crippen LogP contribution >= 0.6 is 0 Å². The molecule has 0 saturated carbocycles. The van der Waals surface area contributed by atoms with Crippen molar-refractivity contribution in [2.45, 2.75) is 25.4 Å². The van der Waals surface area contributed by atoms with E-state index in [1.807, 2.05) is 0 Å². The summed E-state index contributed by atoms with van der Waals surface area (Å²) in [7, 11) is 0. The van der Waals surface area contributed by atoms with Crippen LogP contribution in [0.5, 0.6) is 0 Å². The van der Waals surface area contributed by atoms with Crippen molar-refractivity contribution >= 4 is 10.8 Å². The Morgan fingerprint density at radius 1 is 1.19 bits per heavy atom. The quantitative estimate of drug-likeness (QED) is 0.661. The minimum Gasteiger partial charge on any atom is -0.310 e. The van der Waals surface area contributed by atoms with Gasteiger partial charge in [-0.15, -0.1) is 0 Å². The zero-order valence-electron chi connectivity index (χ0n) is 13.8. The van der Waals surface area contributed by atoms with E-state index >= 15 is 0 Å². The van der Waals surface area contributed by atoms with Crippen molar-refractivity contribution in [3.8, 4) is 5.69 Å². The normalized spacial score (nSPS) is 17.1. The van der Waals surface area contributed by atoms with Gasteiger partial charge in [-0.05, 0) is 25.3 Å². The third-order valence-corrected chi connectivity index (χ3v) is 4.90. The van der Waals surface area contributed by atoms with Gasteiger partial charge in [-0.25, -0.2) is 13.8 Å². The Morgan fingerprint density at radius 2 is 1.96 bits per heavy atom. The Kier molecular flexibility index (Phi) is 3.90. The summed E-state index contributed by atoms with van der Waals surface area (Å²) in [4.78, 5) is 31.8. The third-order valence-electron chi connectivity index (χ3n) is 4.90. The van der Waals surface area contributed by atoms with Crippen LogP contribution in [0.15, 0.2) is 40.2 Å². The lowest BCUT2D eigenvalue weighted by Crippen LogP contribution is -2.41. The summed E-state index contributed by atoms with van der Waals surface area (Å²) in [5, 5.41) is 0.368. The van der Waals surface area contributed by atoms with Crippen molar-refractivity contribution in [2.24, 2.45) is 5.92 Å². The molecule has 0 unspecified atom stereocenters. The van der Waals surface area contributed by atoms with Gasteiger partial charge in [0.1, 0.15) is 5.82 Å². The Hall–Kier alpha value is -2.97. The molecular weight excluding hydrogens is 366 g/mol. The number of aryl methyl sites for hydroxylation is 1. The van der Waals surface area contributed by atoms with Crippen molar-refractivity contribution in [2.75, 3.05) is 0 Å². The van der Waals surface area contributed by atoms with Crippen LogP contribution < -0.4 is 11.2 Å². The smallest absolute Gasteiger partial charge is 0.310 e. The predicted octanol–water partition coefficient (Wildman–Crippen LogP) is 2.88. The van der Waals surface area contributed by atoms with E-state index in [9.17, 15) is 27.2 Å². The first kappa shape index (κ1) is 17.4. The number of H-pyrrole nitrogens is 1. The number of hydrogen-bond donors (Lipinski definition) is 1. The molecule has 5 nitrogen and oxygen atoms in total. The first-order chi connectivity index (χ1) is 12.8. The number of nitrogens with one attached hydrogen (secondary N) is 1. The Balaban J connectivity index is 1.97. The van der Waals surface area contributed by atoms with Crippen molar-refractivity contribution < 1.29 is 17.6 Å². The fourth-order valence-electron chi connectivity index (χ4n) is 3.55. The first-order valence-corrected chi connectivity index (χ1v) is 8.24. The van der Waals surface area contributed by atoms with Gasteiger partial charge in [0, 0.05) is 28.2 Å². The lowest BCUT2D eigenvalue weighted by molar-refractivity contribution is -0.177. The second kappa shape index (κ2) is 6.04. The topological polar surface area (TPSA) is 67.8 Å². The number of aromatic amines is 1. The number of pyridine rings is 1. The first-order valence-electron chi connectivity index (χ1n) is 8.24. The van der Waals surface area contributed by atoms with Crippen LogP contribution in [0.4, 0.5) is 17.6 Å². The van der Waals surface area contributed by atoms with E-state index in [1.165, 1.54) is 18.3 Å². The van der Waals surface area contributed by atoms with Gasteiger partial charge in [-0.1, -0.05) is 12.1 Å². The van der Waals surface area contributed by atoms with Crippen LogP contribution in [0.3, 0.4) is 0 Å². The van der Waals surface area contributed by atoms with Crippen molar-refractivity contribution in [3.05, 3.63) is 68.5 Å². The molecule has 3 aromatic rings. The second-order valence-electron chi connectivity index (χ2n) is 6.51. The molecule has 27 heavy (non-hydrogen) atoms. The van der Waals surface area contributed by atoms with E-state index in [0.29, 0.717) is 9.95 Å². The highest BCUT2D eigenvalue weighted by Crippen LogP contribution is 2.35. The van der Waals surface area contributed by atoms with Gasteiger partial charge in [0.05, 0.1) is 17.8 Å². The maximum absolute atomic E-state index is 14.3. The molecule has 0 amide bonds. The molecule has 4 rings (SSSR count). The molecule has 1 aliphatic rings. The number of hydrogen-bond acceptors (Lipinski definition) is 3. The molecule has 140 valence electrons. The van der Waals surface area contributed by atoms with Crippen molar-refractivity contribution in [1.82, 2.24) is 14.5 Å². The molecule has 9 heteroatoms. The zero-order chi connectivity index (χ0) is 19.3.